The van der Waals surface area contributed by atoms with Gasteiger partial charge in [-0.1, -0.05) is 6.07 Å². The highest BCUT2D eigenvalue weighted by atomic mass is 32.1. The molecule has 0 saturated carbocycles. The Morgan fingerprint density at radius 1 is 1.39 bits per heavy atom. The summed E-state index contributed by atoms with van der Waals surface area (Å²) in [5.74, 6) is 0.115. The minimum absolute atomic E-state index is 0.0768. The van der Waals surface area contributed by atoms with Crippen molar-refractivity contribution < 1.29 is 19.4 Å². The maximum absolute atomic E-state index is 11.3. The molecule has 18 heavy (non-hydrogen) atoms. The number of hydrogen-bond acceptors (Lipinski definition) is 4. The summed E-state index contributed by atoms with van der Waals surface area (Å²) in [6, 6.07) is 5.48. The third-order valence-electron chi connectivity index (χ3n) is 2.40. The summed E-state index contributed by atoms with van der Waals surface area (Å²) in [6.45, 7) is 3.74. The van der Waals surface area contributed by atoms with Crippen molar-refractivity contribution >= 4 is 27.4 Å². The van der Waals surface area contributed by atoms with E-state index in [9.17, 15) is 9.90 Å². The number of benzene rings is 1. The molecule has 2 rings (SSSR count). The highest BCUT2D eigenvalue weighted by molar-refractivity contribution is 7.21. The standard InChI is InChI=1S/C13H14O4S/c1-7(2)17-10-8-5-4-6-9(16-3)11(8)18-12(10)13(14)15/h4-7H,1-3H3,(H,14,15). The van der Waals surface area contributed by atoms with E-state index in [0.29, 0.717) is 11.5 Å². The van der Waals surface area contributed by atoms with Gasteiger partial charge in [0.1, 0.15) is 5.75 Å². The van der Waals surface area contributed by atoms with Crippen molar-refractivity contribution in [3.05, 3.63) is 23.1 Å². The van der Waals surface area contributed by atoms with Gasteiger partial charge in [0.25, 0.3) is 0 Å². The zero-order valence-electron chi connectivity index (χ0n) is 10.4. The SMILES string of the molecule is COc1cccc2c(OC(C)C)c(C(=O)O)sc12. The fourth-order valence-corrected chi connectivity index (χ4v) is 2.79. The zero-order valence-corrected chi connectivity index (χ0v) is 11.2. The molecule has 5 heteroatoms. The summed E-state index contributed by atoms with van der Waals surface area (Å²) in [5.41, 5.74) is 0. The van der Waals surface area contributed by atoms with Gasteiger partial charge in [0.2, 0.25) is 0 Å². The van der Waals surface area contributed by atoms with Gasteiger partial charge in [0, 0.05) is 5.39 Å². The highest BCUT2D eigenvalue weighted by Gasteiger charge is 2.21. The van der Waals surface area contributed by atoms with Crippen LogP contribution in [0.4, 0.5) is 0 Å². The molecule has 2 aromatic rings. The summed E-state index contributed by atoms with van der Waals surface area (Å²) < 4.78 is 11.7. The molecular weight excluding hydrogens is 252 g/mol. The maximum Gasteiger partial charge on any atom is 0.349 e. The Morgan fingerprint density at radius 3 is 2.67 bits per heavy atom. The van der Waals surface area contributed by atoms with Crippen molar-refractivity contribution in [2.24, 2.45) is 0 Å². The topological polar surface area (TPSA) is 55.8 Å². The van der Waals surface area contributed by atoms with Crippen molar-refractivity contribution in [3.8, 4) is 11.5 Å². The fraction of sp³-hybridized carbons (Fsp3) is 0.308. The average Bonchev–Trinajstić information content (AvgIpc) is 2.67. The highest BCUT2D eigenvalue weighted by Crippen LogP contribution is 2.42. The van der Waals surface area contributed by atoms with Gasteiger partial charge < -0.3 is 14.6 Å². The molecule has 1 heterocycles. The first kappa shape index (κ1) is 12.7. The van der Waals surface area contributed by atoms with Crippen LogP contribution < -0.4 is 9.47 Å². The number of hydrogen-bond donors (Lipinski definition) is 1. The third kappa shape index (κ3) is 2.13. The van der Waals surface area contributed by atoms with E-state index >= 15 is 0 Å². The Bertz CT molecular complexity index is 586. The van der Waals surface area contributed by atoms with Crippen LogP contribution in [0.2, 0.25) is 0 Å². The van der Waals surface area contributed by atoms with Crippen LogP contribution in [0.15, 0.2) is 18.2 Å². The summed E-state index contributed by atoms with van der Waals surface area (Å²) in [5, 5.41) is 10.0. The molecule has 0 spiro atoms. The van der Waals surface area contributed by atoms with Gasteiger partial charge in [-0.2, -0.15) is 0 Å². The van der Waals surface area contributed by atoms with E-state index in [1.165, 1.54) is 11.3 Å². The number of methoxy groups -OCH3 is 1. The van der Waals surface area contributed by atoms with Gasteiger partial charge in [-0.15, -0.1) is 11.3 Å². The summed E-state index contributed by atoms with van der Waals surface area (Å²) in [4.78, 5) is 11.5. The first-order valence-corrected chi connectivity index (χ1v) is 6.35. The predicted octanol–water partition coefficient (Wildman–Crippen LogP) is 3.40. The minimum Gasteiger partial charge on any atom is -0.495 e. The first-order valence-electron chi connectivity index (χ1n) is 5.54. The number of carboxylic acid groups (broad SMARTS) is 1. The number of ether oxygens (including phenoxy) is 2. The third-order valence-corrected chi connectivity index (χ3v) is 3.59. The lowest BCUT2D eigenvalue weighted by atomic mass is 10.2. The molecule has 0 aliphatic carbocycles. The molecule has 0 amide bonds. The van der Waals surface area contributed by atoms with E-state index in [1.54, 1.807) is 7.11 Å². The molecular formula is C13H14O4S. The Hall–Kier alpha value is -1.75. The van der Waals surface area contributed by atoms with E-state index in [-0.39, 0.29) is 11.0 Å². The van der Waals surface area contributed by atoms with Crippen LogP contribution in [0, 0.1) is 0 Å². The Labute approximate surface area is 109 Å². The second-order valence-corrected chi connectivity index (χ2v) is 5.09. The van der Waals surface area contributed by atoms with Crippen LogP contribution in [0.25, 0.3) is 10.1 Å². The lowest BCUT2D eigenvalue weighted by molar-refractivity contribution is 0.0697. The number of fused-ring (bicyclic) bond motifs is 1. The Balaban J connectivity index is 2.71. The second kappa shape index (κ2) is 4.86. The van der Waals surface area contributed by atoms with E-state index < -0.39 is 5.97 Å². The predicted molar refractivity (Wildman–Crippen MR) is 71.1 cm³/mol. The molecule has 0 bridgehead atoms. The normalized spacial score (nSPS) is 10.9. The molecule has 0 aliphatic heterocycles. The number of thiophene rings is 1. The second-order valence-electron chi connectivity index (χ2n) is 4.07. The van der Waals surface area contributed by atoms with Crippen LogP contribution in [0.5, 0.6) is 11.5 Å². The number of aromatic carboxylic acids is 1. The molecule has 1 aromatic carbocycles. The van der Waals surface area contributed by atoms with Crippen molar-refractivity contribution in [2.75, 3.05) is 7.11 Å². The monoisotopic (exact) mass is 266 g/mol. The molecule has 1 aromatic heterocycles. The molecule has 0 unspecified atom stereocenters. The largest absolute Gasteiger partial charge is 0.495 e. The molecule has 0 radical (unpaired) electrons. The smallest absolute Gasteiger partial charge is 0.349 e. The van der Waals surface area contributed by atoms with E-state index in [4.69, 9.17) is 9.47 Å². The van der Waals surface area contributed by atoms with Crippen LogP contribution in [-0.4, -0.2) is 24.3 Å². The Kier molecular flexibility index (Phi) is 3.43. The maximum atomic E-state index is 11.3. The van der Waals surface area contributed by atoms with Crippen LogP contribution in [-0.2, 0) is 0 Å². The van der Waals surface area contributed by atoms with Gasteiger partial charge in [-0.3, -0.25) is 0 Å². The molecule has 0 saturated heterocycles. The molecule has 96 valence electrons. The number of carboxylic acids is 1. The molecule has 4 nitrogen and oxygen atoms in total. The lowest BCUT2D eigenvalue weighted by Crippen LogP contribution is -2.08. The molecule has 0 atom stereocenters. The summed E-state index contributed by atoms with van der Waals surface area (Å²) in [7, 11) is 1.57. The van der Waals surface area contributed by atoms with Gasteiger partial charge >= 0.3 is 5.97 Å². The van der Waals surface area contributed by atoms with Crippen molar-refractivity contribution in [2.45, 2.75) is 20.0 Å². The van der Waals surface area contributed by atoms with E-state index in [1.807, 2.05) is 32.0 Å². The lowest BCUT2D eigenvalue weighted by Gasteiger charge is -2.09. The molecule has 0 fully saturated rings. The van der Waals surface area contributed by atoms with Crippen LogP contribution in [0.1, 0.15) is 23.5 Å². The summed E-state index contributed by atoms with van der Waals surface area (Å²) >= 11 is 1.18. The van der Waals surface area contributed by atoms with Crippen LogP contribution >= 0.6 is 11.3 Å². The van der Waals surface area contributed by atoms with Gasteiger partial charge in [0.05, 0.1) is 17.9 Å². The Morgan fingerprint density at radius 2 is 2.11 bits per heavy atom. The number of carbonyl (C=O) groups is 1. The van der Waals surface area contributed by atoms with Gasteiger partial charge in [-0.05, 0) is 26.0 Å². The van der Waals surface area contributed by atoms with Gasteiger partial charge in [-0.25, -0.2) is 4.79 Å². The minimum atomic E-state index is -0.978. The average molecular weight is 266 g/mol. The van der Waals surface area contributed by atoms with Crippen molar-refractivity contribution in [1.82, 2.24) is 0 Å². The van der Waals surface area contributed by atoms with Gasteiger partial charge in [0.15, 0.2) is 10.6 Å². The first-order chi connectivity index (χ1) is 8.54. The van der Waals surface area contributed by atoms with Crippen molar-refractivity contribution in [1.29, 1.82) is 0 Å². The zero-order chi connectivity index (χ0) is 13.3. The quantitative estimate of drug-likeness (QED) is 0.921. The van der Waals surface area contributed by atoms with E-state index in [2.05, 4.69) is 0 Å². The van der Waals surface area contributed by atoms with Crippen molar-refractivity contribution in [3.63, 3.8) is 0 Å². The molecule has 0 aliphatic rings. The van der Waals surface area contributed by atoms with E-state index in [0.717, 1.165) is 10.1 Å². The fourth-order valence-electron chi connectivity index (χ4n) is 1.72. The summed E-state index contributed by atoms with van der Waals surface area (Å²) in [6.07, 6.45) is -0.0768. The van der Waals surface area contributed by atoms with Crippen LogP contribution in [0.3, 0.4) is 0 Å². The molecule has 1 N–H and O–H groups in total. The number of rotatable bonds is 4.